The van der Waals surface area contributed by atoms with Crippen LogP contribution in [0.3, 0.4) is 0 Å². The number of halogens is 2. The molecule has 0 amide bonds. The Morgan fingerprint density at radius 1 is 1.24 bits per heavy atom. The summed E-state index contributed by atoms with van der Waals surface area (Å²) in [5.41, 5.74) is 1.03. The first-order chi connectivity index (χ1) is 10.1. The molecule has 5 heteroatoms. The van der Waals surface area contributed by atoms with E-state index in [4.69, 9.17) is 23.2 Å². The van der Waals surface area contributed by atoms with Crippen molar-refractivity contribution in [1.82, 2.24) is 4.90 Å². The van der Waals surface area contributed by atoms with Crippen molar-refractivity contribution in [3.63, 3.8) is 0 Å². The number of hydrogen-bond donors (Lipinski definition) is 1. The van der Waals surface area contributed by atoms with Crippen LogP contribution < -0.4 is 0 Å². The van der Waals surface area contributed by atoms with Gasteiger partial charge in [0.05, 0.1) is 10.0 Å². The number of carbonyl (C=O) groups is 1. The second-order valence-corrected chi connectivity index (χ2v) is 6.94. The van der Waals surface area contributed by atoms with Gasteiger partial charge in [0.25, 0.3) is 0 Å². The van der Waals surface area contributed by atoms with Crippen LogP contribution in [-0.2, 0) is 11.3 Å². The van der Waals surface area contributed by atoms with E-state index in [1.807, 2.05) is 12.1 Å². The summed E-state index contributed by atoms with van der Waals surface area (Å²) < 4.78 is 0. The number of fused-ring (bicyclic) bond motifs is 1. The molecule has 0 spiro atoms. The predicted molar refractivity (Wildman–Crippen MR) is 83.8 cm³/mol. The van der Waals surface area contributed by atoms with E-state index in [0.29, 0.717) is 28.5 Å². The van der Waals surface area contributed by atoms with E-state index < -0.39 is 5.97 Å². The maximum Gasteiger partial charge on any atom is 0.320 e. The Bertz CT molecular complexity index is 549. The first-order valence-corrected chi connectivity index (χ1v) is 8.24. The zero-order valence-corrected chi connectivity index (χ0v) is 13.3. The lowest BCUT2D eigenvalue weighted by molar-refractivity contribution is -0.142. The first-order valence-electron chi connectivity index (χ1n) is 7.48. The van der Waals surface area contributed by atoms with Crippen molar-refractivity contribution in [3.05, 3.63) is 33.8 Å². The van der Waals surface area contributed by atoms with Crippen LogP contribution in [0, 0.1) is 5.92 Å². The highest BCUT2D eigenvalue weighted by Crippen LogP contribution is 2.40. The molecule has 1 heterocycles. The Balaban J connectivity index is 1.82. The van der Waals surface area contributed by atoms with Crippen molar-refractivity contribution >= 4 is 29.2 Å². The molecule has 1 N–H and O–H groups in total. The largest absolute Gasteiger partial charge is 0.480 e. The van der Waals surface area contributed by atoms with Crippen LogP contribution >= 0.6 is 23.2 Å². The lowest BCUT2D eigenvalue weighted by Crippen LogP contribution is -2.41. The van der Waals surface area contributed by atoms with Crippen molar-refractivity contribution < 1.29 is 9.90 Å². The Hall–Kier alpha value is -0.770. The van der Waals surface area contributed by atoms with E-state index in [0.717, 1.165) is 24.8 Å². The molecule has 1 aromatic rings. The molecule has 3 rings (SSSR count). The van der Waals surface area contributed by atoms with Crippen LogP contribution in [0.2, 0.25) is 10.0 Å². The Morgan fingerprint density at radius 3 is 2.71 bits per heavy atom. The minimum atomic E-state index is -0.704. The first kappa shape index (κ1) is 15.1. The van der Waals surface area contributed by atoms with Crippen molar-refractivity contribution in [3.8, 4) is 0 Å². The molecule has 3 atom stereocenters. The molecule has 114 valence electrons. The molecule has 0 bridgehead atoms. The molecule has 0 radical (unpaired) electrons. The zero-order valence-electron chi connectivity index (χ0n) is 11.8. The highest BCUT2D eigenvalue weighted by molar-refractivity contribution is 6.42. The number of nitrogens with zero attached hydrogens (tertiary/aromatic N) is 1. The minimum absolute atomic E-state index is 0.368. The third-order valence-electron chi connectivity index (χ3n) is 4.86. The van der Waals surface area contributed by atoms with E-state index in [1.54, 1.807) is 6.07 Å². The van der Waals surface area contributed by atoms with Crippen molar-refractivity contribution in [1.29, 1.82) is 0 Å². The van der Waals surface area contributed by atoms with Gasteiger partial charge in [0.1, 0.15) is 6.04 Å². The number of hydrogen-bond acceptors (Lipinski definition) is 2. The molecule has 0 aromatic heterocycles. The van der Waals surface area contributed by atoms with Gasteiger partial charge in [-0.05, 0) is 42.9 Å². The monoisotopic (exact) mass is 327 g/mol. The Morgan fingerprint density at radius 2 is 2.00 bits per heavy atom. The summed E-state index contributed by atoms with van der Waals surface area (Å²) in [7, 11) is 0. The molecule has 1 saturated carbocycles. The average molecular weight is 328 g/mol. The summed E-state index contributed by atoms with van der Waals surface area (Å²) in [6.07, 6.45) is 5.48. The van der Waals surface area contributed by atoms with Gasteiger partial charge < -0.3 is 5.11 Å². The van der Waals surface area contributed by atoms with Crippen molar-refractivity contribution in [2.45, 2.75) is 50.7 Å². The van der Waals surface area contributed by atoms with Gasteiger partial charge in [0.15, 0.2) is 0 Å². The highest BCUT2D eigenvalue weighted by Gasteiger charge is 2.44. The van der Waals surface area contributed by atoms with Gasteiger partial charge >= 0.3 is 5.97 Å². The standard InChI is InChI=1S/C16H19Cl2NO2/c17-12-6-5-10(7-13(12)18)9-19-14-4-2-1-3-11(14)8-15(19)16(20)21/h5-7,11,14-15H,1-4,8-9H2,(H,20,21). The predicted octanol–water partition coefficient (Wildman–Crippen LogP) is 4.21. The highest BCUT2D eigenvalue weighted by atomic mass is 35.5. The summed E-state index contributed by atoms with van der Waals surface area (Å²) in [6, 6.07) is 5.59. The van der Waals surface area contributed by atoms with Crippen LogP contribution in [-0.4, -0.2) is 28.1 Å². The van der Waals surface area contributed by atoms with Gasteiger partial charge in [0.2, 0.25) is 0 Å². The summed E-state index contributed by atoms with van der Waals surface area (Å²) in [6.45, 7) is 0.634. The molecule has 2 fully saturated rings. The molecule has 1 saturated heterocycles. The van der Waals surface area contributed by atoms with Crippen LogP contribution in [0.4, 0.5) is 0 Å². The number of likely N-dealkylation sites (tertiary alicyclic amines) is 1. The second-order valence-electron chi connectivity index (χ2n) is 6.12. The van der Waals surface area contributed by atoms with Gasteiger partial charge in [-0.1, -0.05) is 42.1 Å². The summed E-state index contributed by atoms with van der Waals surface area (Å²) >= 11 is 12.0. The smallest absolute Gasteiger partial charge is 0.320 e. The quantitative estimate of drug-likeness (QED) is 0.903. The maximum absolute atomic E-state index is 11.6. The lowest BCUT2D eigenvalue weighted by atomic mass is 9.84. The summed E-state index contributed by atoms with van der Waals surface area (Å²) in [5, 5.41) is 10.6. The van der Waals surface area contributed by atoms with Crippen LogP contribution in [0.1, 0.15) is 37.7 Å². The minimum Gasteiger partial charge on any atom is -0.480 e. The van der Waals surface area contributed by atoms with E-state index in [2.05, 4.69) is 4.90 Å². The molecule has 1 aromatic carbocycles. The van der Waals surface area contributed by atoms with Crippen LogP contribution in [0.5, 0.6) is 0 Å². The summed E-state index contributed by atoms with van der Waals surface area (Å²) in [5.74, 6) is -0.174. The molecule has 3 nitrogen and oxygen atoms in total. The normalized spacial score (nSPS) is 29.3. The molecule has 1 aliphatic carbocycles. The Labute approximate surface area is 134 Å². The average Bonchev–Trinajstić information content (AvgIpc) is 2.82. The van der Waals surface area contributed by atoms with Crippen LogP contribution in [0.15, 0.2) is 18.2 Å². The van der Waals surface area contributed by atoms with E-state index in [9.17, 15) is 9.90 Å². The molecule has 3 unspecified atom stereocenters. The number of benzene rings is 1. The number of carboxylic acid groups (broad SMARTS) is 1. The van der Waals surface area contributed by atoms with Gasteiger partial charge in [-0.15, -0.1) is 0 Å². The van der Waals surface area contributed by atoms with E-state index >= 15 is 0 Å². The van der Waals surface area contributed by atoms with Gasteiger partial charge in [0, 0.05) is 12.6 Å². The van der Waals surface area contributed by atoms with Crippen molar-refractivity contribution in [2.24, 2.45) is 5.92 Å². The summed E-state index contributed by atoms with van der Waals surface area (Å²) in [4.78, 5) is 13.7. The number of rotatable bonds is 3. The topological polar surface area (TPSA) is 40.5 Å². The lowest BCUT2D eigenvalue weighted by Gasteiger charge is -2.33. The zero-order chi connectivity index (χ0) is 15.0. The fraction of sp³-hybridized carbons (Fsp3) is 0.562. The fourth-order valence-corrected chi connectivity index (χ4v) is 4.19. The maximum atomic E-state index is 11.6. The third-order valence-corrected chi connectivity index (χ3v) is 5.59. The number of carboxylic acids is 1. The van der Waals surface area contributed by atoms with Gasteiger partial charge in [-0.25, -0.2) is 0 Å². The molecule has 1 aliphatic heterocycles. The fourth-order valence-electron chi connectivity index (χ4n) is 3.87. The number of aliphatic carboxylic acids is 1. The molecule has 21 heavy (non-hydrogen) atoms. The van der Waals surface area contributed by atoms with E-state index in [-0.39, 0.29) is 6.04 Å². The van der Waals surface area contributed by atoms with E-state index in [1.165, 1.54) is 12.8 Å². The second kappa shape index (κ2) is 6.15. The Kier molecular flexibility index (Phi) is 4.43. The van der Waals surface area contributed by atoms with Gasteiger partial charge in [-0.3, -0.25) is 9.69 Å². The molecule has 2 aliphatic rings. The molecular formula is C16H19Cl2NO2. The molecular weight excluding hydrogens is 309 g/mol. The van der Waals surface area contributed by atoms with Crippen LogP contribution in [0.25, 0.3) is 0 Å². The van der Waals surface area contributed by atoms with Crippen molar-refractivity contribution in [2.75, 3.05) is 0 Å². The third kappa shape index (κ3) is 3.05. The van der Waals surface area contributed by atoms with Gasteiger partial charge in [-0.2, -0.15) is 0 Å². The SMILES string of the molecule is O=C(O)C1CC2CCCCC2N1Cc1ccc(Cl)c(Cl)c1.